The molecule has 0 bridgehead atoms. The molecule has 1 aromatic heterocycles. The van der Waals surface area contributed by atoms with Crippen molar-refractivity contribution in [3.05, 3.63) is 64.4 Å². The number of benzene rings is 3. The second-order valence-electron chi connectivity index (χ2n) is 7.57. The molecule has 0 amide bonds. The number of hydrogen-bond donors (Lipinski definition) is 0. The Kier molecular flexibility index (Phi) is 2.54. The van der Waals surface area contributed by atoms with Crippen LogP contribution in [0.5, 0.6) is 0 Å². The summed E-state index contributed by atoms with van der Waals surface area (Å²) in [6, 6.07) is 16.6. The van der Waals surface area contributed by atoms with Crippen LogP contribution in [0.2, 0.25) is 0 Å². The summed E-state index contributed by atoms with van der Waals surface area (Å²) in [7, 11) is 0. The molecule has 0 saturated carbocycles. The molecule has 1 aliphatic heterocycles. The van der Waals surface area contributed by atoms with Crippen LogP contribution in [0.1, 0.15) is 13.8 Å². The van der Waals surface area contributed by atoms with Crippen molar-refractivity contribution in [2.24, 2.45) is 10.4 Å². The van der Waals surface area contributed by atoms with E-state index in [1.165, 1.54) is 0 Å². The molecule has 0 spiro atoms. The maximum absolute atomic E-state index is 13.4. The van der Waals surface area contributed by atoms with Crippen LogP contribution in [0.4, 0.5) is 0 Å². The van der Waals surface area contributed by atoms with Crippen molar-refractivity contribution < 1.29 is 0 Å². The minimum absolute atomic E-state index is 0.00907. The topological polar surface area (TPSA) is 34.4 Å². The zero-order chi connectivity index (χ0) is 16.5. The fraction of sp³-hybridized carbons (Fsp3) is 0.238. The molecule has 0 unspecified atom stereocenters. The SMILES string of the molecule is CC1(C)CN=c2c3cccc4cc5ccccc5c(c(=O)n2C1)c43. The average molecular weight is 314 g/mol. The van der Waals surface area contributed by atoms with E-state index >= 15 is 0 Å². The van der Waals surface area contributed by atoms with E-state index in [1.54, 1.807) is 0 Å². The lowest BCUT2D eigenvalue weighted by molar-refractivity contribution is 0.285. The first-order valence-electron chi connectivity index (χ1n) is 8.36. The van der Waals surface area contributed by atoms with Crippen LogP contribution in [0.25, 0.3) is 32.3 Å². The molecule has 0 fully saturated rings. The summed E-state index contributed by atoms with van der Waals surface area (Å²) >= 11 is 0. The Bertz CT molecular complexity index is 1250. The molecule has 3 nitrogen and oxygen atoms in total. The van der Waals surface area contributed by atoms with Gasteiger partial charge in [-0.3, -0.25) is 14.4 Å². The quantitative estimate of drug-likeness (QED) is 0.360. The van der Waals surface area contributed by atoms with Gasteiger partial charge in [-0.15, -0.1) is 0 Å². The highest BCUT2D eigenvalue weighted by Gasteiger charge is 2.25. The highest BCUT2D eigenvalue weighted by Crippen LogP contribution is 2.31. The smallest absolute Gasteiger partial charge is 0.260 e. The summed E-state index contributed by atoms with van der Waals surface area (Å²) in [5, 5.41) is 6.23. The molecule has 0 atom stereocenters. The molecule has 2 heterocycles. The first-order chi connectivity index (χ1) is 11.6. The van der Waals surface area contributed by atoms with Gasteiger partial charge < -0.3 is 0 Å². The van der Waals surface area contributed by atoms with Gasteiger partial charge in [-0.1, -0.05) is 56.3 Å². The maximum atomic E-state index is 13.4. The van der Waals surface area contributed by atoms with Gasteiger partial charge in [-0.2, -0.15) is 0 Å². The zero-order valence-corrected chi connectivity index (χ0v) is 13.8. The minimum atomic E-state index is 0.00907. The summed E-state index contributed by atoms with van der Waals surface area (Å²) in [5.41, 5.74) is 0.935. The van der Waals surface area contributed by atoms with Crippen LogP contribution < -0.4 is 11.0 Å². The molecule has 118 valence electrons. The van der Waals surface area contributed by atoms with Gasteiger partial charge in [0.15, 0.2) is 0 Å². The highest BCUT2D eigenvalue weighted by molar-refractivity contribution is 6.20. The number of fused-ring (bicyclic) bond motifs is 4. The fourth-order valence-electron chi connectivity index (χ4n) is 3.99. The number of nitrogens with zero attached hydrogens (tertiary/aromatic N) is 2. The van der Waals surface area contributed by atoms with Gasteiger partial charge in [-0.05, 0) is 22.2 Å². The van der Waals surface area contributed by atoms with Crippen LogP contribution in [0.15, 0.2) is 58.3 Å². The van der Waals surface area contributed by atoms with E-state index < -0.39 is 0 Å². The molecule has 3 heteroatoms. The van der Waals surface area contributed by atoms with E-state index in [2.05, 4.69) is 50.2 Å². The van der Waals surface area contributed by atoms with Crippen LogP contribution in [0.3, 0.4) is 0 Å². The Balaban J connectivity index is 2.14. The molecule has 4 aromatic rings. The van der Waals surface area contributed by atoms with Crippen molar-refractivity contribution in [2.75, 3.05) is 6.54 Å². The summed E-state index contributed by atoms with van der Waals surface area (Å²) in [6.45, 7) is 5.80. The zero-order valence-electron chi connectivity index (χ0n) is 13.8. The van der Waals surface area contributed by atoms with Gasteiger partial charge in [-0.25, -0.2) is 0 Å². The normalized spacial score (nSPS) is 16.4. The Morgan fingerprint density at radius 3 is 2.58 bits per heavy atom. The predicted molar refractivity (Wildman–Crippen MR) is 98.6 cm³/mol. The van der Waals surface area contributed by atoms with E-state index in [9.17, 15) is 4.79 Å². The fourth-order valence-corrected chi connectivity index (χ4v) is 3.99. The van der Waals surface area contributed by atoms with Gasteiger partial charge in [0.25, 0.3) is 5.56 Å². The lowest BCUT2D eigenvalue weighted by atomic mass is 9.91. The van der Waals surface area contributed by atoms with Crippen LogP contribution in [0, 0.1) is 5.41 Å². The Labute approximate surface area is 139 Å². The summed E-state index contributed by atoms with van der Waals surface area (Å²) < 4.78 is 1.88. The van der Waals surface area contributed by atoms with E-state index in [1.807, 2.05) is 16.7 Å². The first kappa shape index (κ1) is 13.7. The molecule has 5 rings (SSSR count). The second kappa shape index (κ2) is 4.44. The van der Waals surface area contributed by atoms with E-state index in [0.717, 1.165) is 44.3 Å². The molecule has 24 heavy (non-hydrogen) atoms. The Hall–Kier alpha value is -2.68. The Morgan fingerprint density at radius 2 is 1.71 bits per heavy atom. The van der Waals surface area contributed by atoms with E-state index in [0.29, 0.717) is 6.54 Å². The lowest BCUT2D eigenvalue weighted by Gasteiger charge is -2.28. The average Bonchev–Trinajstić information content (AvgIpc) is 2.57. The van der Waals surface area contributed by atoms with Crippen LogP contribution >= 0.6 is 0 Å². The third-order valence-corrected chi connectivity index (χ3v) is 5.09. The summed E-state index contributed by atoms with van der Waals surface area (Å²) in [5.74, 6) is 0. The molecule has 3 aromatic carbocycles. The van der Waals surface area contributed by atoms with Crippen LogP contribution in [-0.4, -0.2) is 11.1 Å². The van der Waals surface area contributed by atoms with Gasteiger partial charge in [0.2, 0.25) is 0 Å². The minimum Gasteiger partial charge on any atom is -0.292 e. The number of hydrogen-bond acceptors (Lipinski definition) is 2. The summed E-state index contributed by atoms with van der Waals surface area (Å²) in [6.07, 6.45) is 0. The van der Waals surface area contributed by atoms with Gasteiger partial charge in [0.1, 0.15) is 5.49 Å². The van der Waals surface area contributed by atoms with Crippen molar-refractivity contribution >= 4 is 32.3 Å². The van der Waals surface area contributed by atoms with Gasteiger partial charge in [0, 0.05) is 29.3 Å². The highest BCUT2D eigenvalue weighted by atomic mass is 16.1. The van der Waals surface area contributed by atoms with Crippen molar-refractivity contribution in [1.29, 1.82) is 0 Å². The van der Waals surface area contributed by atoms with Crippen molar-refractivity contribution in [1.82, 2.24) is 4.57 Å². The first-order valence-corrected chi connectivity index (χ1v) is 8.36. The third kappa shape index (κ3) is 1.72. The van der Waals surface area contributed by atoms with E-state index in [-0.39, 0.29) is 11.0 Å². The van der Waals surface area contributed by atoms with Gasteiger partial charge in [0.05, 0.1) is 5.39 Å². The predicted octanol–water partition coefficient (Wildman–Crippen LogP) is 3.69. The van der Waals surface area contributed by atoms with Crippen LogP contribution in [-0.2, 0) is 6.54 Å². The molecular weight excluding hydrogens is 296 g/mol. The third-order valence-electron chi connectivity index (χ3n) is 5.09. The molecule has 0 saturated heterocycles. The number of rotatable bonds is 0. The molecule has 0 aliphatic carbocycles. The van der Waals surface area contributed by atoms with Crippen molar-refractivity contribution in [3.8, 4) is 0 Å². The largest absolute Gasteiger partial charge is 0.292 e. The van der Waals surface area contributed by atoms with Gasteiger partial charge >= 0.3 is 0 Å². The standard InChI is InChI=1S/C21H18N2O/c1-21(2)11-22-19-16-9-5-7-14-10-13-6-3-4-8-15(13)18(17(14)16)20(24)23(19)12-21/h3-10H,11-12H2,1-2H3. The number of aromatic nitrogens is 1. The maximum Gasteiger partial charge on any atom is 0.260 e. The second-order valence-corrected chi connectivity index (χ2v) is 7.57. The monoisotopic (exact) mass is 314 g/mol. The van der Waals surface area contributed by atoms with Crippen molar-refractivity contribution in [3.63, 3.8) is 0 Å². The molecule has 0 radical (unpaired) electrons. The van der Waals surface area contributed by atoms with Crippen molar-refractivity contribution in [2.45, 2.75) is 20.4 Å². The Morgan fingerprint density at radius 1 is 0.958 bits per heavy atom. The molecule has 1 aliphatic rings. The molecular formula is C21H18N2O. The summed E-state index contributed by atoms with van der Waals surface area (Å²) in [4.78, 5) is 18.2. The lowest BCUT2D eigenvalue weighted by Crippen LogP contribution is -2.43. The molecule has 0 N–H and O–H groups in total. The van der Waals surface area contributed by atoms with E-state index in [4.69, 9.17) is 4.99 Å². The number of pyridine rings is 1.